The van der Waals surface area contributed by atoms with E-state index in [1.807, 2.05) is 25.1 Å². The molecule has 8 heteroatoms. The number of H-pyrrole nitrogens is 1. The van der Waals surface area contributed by atoms with Crippen molar-refractivity contribution in [2.45, 2.75) is 39.8 Å². The summed E-state index contributed by atoms with van der Waals surface area (Å²) in [6.07, 6.45) is 3.63. The Balaban J connectivity index is 1.50. The number of benzene rings is 2. The summed E-state index contributed by atoms with van der Waals surface area (Å²) in [5.41, 5.74) is 7.79. The highest BCUT2D eigenvalue weighted by molar-refractivity contribution is 5.80. The lowest BCUT2D eigenvalue weighted by atomic mass is 9.98. The van der Waals surface area contributed by atoms with Gasteiger partial charge in [-0.25, -0.2) is 9.97 Å². The first-order valence-electron chi connectivity index (χ1n) is 11.1. The maximum atomic E-state index is 9.60. The summed E-state index contributed by atoms with van der Waals surface area (Å²) >= 11 is 0. The van der Waals surface area contributed by atoms with Crippen molar-refractivity contribution in [3.8, 4) is 22.5 Å². The number of aliphatic hydroxyl groups excluding tert-OH is 1. The molecule has 33 heavy (non-hydrogen) atoms. The highest BCUT2D eigenvalue weighted by Crippen LogP contribution is 2.30. The second-order valence-electron chi connectivity index (χ2n) is 8.08. The molecule has 166 valence electrons. The fourth-order valence-corrected chi connectivity index (χ4v) is 4.18. The minimum absolute atomic E-state index is 0.0302. The molecule has 2 N–H and O–H groups in total. The van der Waals surface area contributed by atoms with Gasteiger partial charge in [-0.15, -0.1) is 10.2 Å². The van der Waals surface area contributed by atoms with E-state index in [9.17, 15) is 5.11 Å². The molecule has 0 spiro atoms. The SMILES string of the molecule is CCCc1nc2c(C)c(CO)cnc2n1Cc1ccc(-c2ccccc2-c2nn[nH]n2)cc1. The van der Waals surface area contributed by atoms with Crippen molar-refractivity contribution in [1.82, 2.24) is 35.2 Å². The molecule has 0 fully saturated rings. The monoisotopic (exact) mass is 439 g/mol. The van der Waals surface area contributed by atoms with Gasteiger partial charge in [-0.3, -0.25) is 0 Å². The number of aliphatic hydroxyl groups is 1. The highest BCUT2D eigenvalue weighted by Gasteiger charge is 2.16. The van der Waals surface area contributed by atoms with Crippen molar-refractivity contribution >= 4 is 11.2 Å². The van der Waals surface area contributed by atoms with Crippen LogP contribution in [0.4, 0.5) is 0 Å². The van der Waals surface area contributed by atoms with E-state index in [0.29, 0.717) is 12.4 Å². The molecule has 8 nitrogen and oxygen atoms in total. The van der Waals surface area contributed by atoms with Crippen LogP contribution in [0.2, 0.25) is 0 Å². The molecular formula is C25H25N7O. The molecule has 2 aromatic carbocycles. The first-order chi connectivity index (χ1) is 16.2. The minimum atomic E-state index is -0.0302. The van der Waals surface area contributed by atoms with E-state index in [1.165, 1.54) is 0 Å². The van der Waals surface area contributed by atoms with E-state index < -0.39 is 0 Å². The topological polar surface area (TPSA) is 105 Å². The smallest absolute Gasteiger partial charge is 0.205 e. The predicted molar refractivity (Wildman–Crippen MR) is 126 cm³/mol. The number of fused-ring (bicyclic) bond motifs is 1. The van der Waals surface area contributed by atoms with E-state index in [0.717, 1.165) is 63.2 Å². The van der Waals surface area contributed by atoms with E-state index in [1.54, 1.807) is 6.20 Å². The minimum Gasteiger partial charge on any atom is -0.392 e. The normalized spacial score (nSPS) is 11.4. The molecule has 3 heterocycles. The summed E-state index contributed by atoms with van der Waals surface area (Å²) in [6, 6.07) is 16.6. The molecule has 5 aromatic rings. The van der Waals surface area contributed by atoms with Gasteiger partial charge in [0.25, 0.3) is 0 Å². The Labute approximate surface area is 191 Å². The molecule has 0 saturated carbocycles. The maximum Gasteiger partial charge on any atom is 0.205 e. The fourth-order valence-electron chi connectivity index (χ4n) is 4.18. The van der Waals surface area contributed by atoms with Crippen molar-refractivity contribution in [1.29, 1.82) is 0 Å². The Hall–Kier alpha value is -3.91. The molecule has 0 aliphatic rings. The van der Waals surface area contributed by atoms with Crippen LogP contribution in [0.25, 0.3) is 33.7 Å². The maximum absolute atomic E-state index is 9.60. The quantitative estimate of drug-likeness (QED) is 0.396. The van der Waals surface area contributed by atoms with Gasteiger partial charge in [0.05, 0.1) is 13.2 Å². The number of aryl methyl sites for hydroxylation is 2. The molecule has 3 aromatic heterocycles. The van der Waals surface area contributed by atoms with Crippen LogP contribution in [0.5, 0.6) is 0 Å². The van der Waals surface area contributed by atoms with Crippen molar-refractivity contribution < 1.29 is 5.11 Å². The van der Waals surface area contributed by atoms with Gasteiger partial charge in [0.15, 0.2) is 5.65 Å². The van der Waals surface area contributed by atoms with Gasteiger partial charge in [-0.05, 0) is 40.8 Å². The number of imidazole rings is 1. The van der Waals surface area contributed by atoms with Crippen LogP contribution < -0.4 is 0 Å². The number of nitrogens with one attached hydrogen (secondary N) is 1. The van der Waals surface area contributed by atoms with Gasteiger partial charge < -0.3 is 9.67 Å². The zero-order valence-electron chi connectivity index (χ0n) is 18.7. The molecule has 5 rings (SSSR count). The Morgan fingerprint density at radius 3 is 2.52 bits per heavy atom. The van der Waals surface area contributed by atoms with Crippen molar-refractivity contribution in [2.24, 2.45) is 0 Å². The van der Waals surface area contributed by atoms with Crippen LogP contribution in [-0.4, -0.2) is 40.3 Å². The highest BCUT2D eigenvalue weighted by atomic mass is 16.3. The van der Waals surface area contributed by atoms with Crippen molar-refractivity contribution in [3.05, 3.63) is 77.2 Å². The number of tetrazole rings is 1. The fraction of sp³-hybridized carbons (Fsp3) is 0.240. The third kappa shape index (κ3) is 3.89. The number of nitrogens with zero attached hydrogens (tertiary/aromatic N) is 6. The van der Waals surface area contributed by atoms with Crippen LogP contribution in [0, 0.1) is 6.92 Å². The summed E-state index contributed by atoms with van der Waals surface area (Å²) in [6.45, 7) is 4.80. The zero-order chi connectivity index (χ0) is 22.8. The number of pyridine rings is 1. The van der Waals surface area contributed by atoms with Crippen LogP contribution in [0.15, 0.2) is 54.7 Å². The summed E-state index contributed by atoms with van der Waals surface area (Å²) in [5.74, 6) is 1.59. The van der Waals surface area contributed by atoms with Gasteiger partial charge in [-0.1, -0.05) is 55.5 Å². The van der Waals surface area contributed by atoms with Crippen molar-refractivity contribution in [3.63, 3.8) is 0 Å². The Morgan fingerprint density at radius 1 is 1.03 bits per heavy atom. The zero-order valence-corrected chi connectivity index (χ0v) is 18.7. The number of rotatable bonds is 7. The number of hydrogen-bond donors (Lipinski definition) is 2. The van der Waals surface area contributed by atoms with Crippen molar-refractivity contribution in [2.75, 3.05) is 0 Å². The molecule has 0 bridgehead atoms. The van der Waals surface area contributed by atoms with Gasteiger partial charge in [-0.2, -0.15) is 5.21 Å². The lowest BCUT2D eigenvalue weighted by Crippen LogP contribution is -2.06. The second-order valence-corrected chi connectivity index (χ2v) is 8.08. The summed E-state index contributed by atoms with van der Waals surface area (Å²) in [5, 5.41) is 24.1. The molecular weight excluding hydrogens is 414 g/mol. The third-order valence-electron chi connectivity index (χ3n) is 5.96. The molecule has 0 saturated heterocycles. The van der Waals surface area contributed by atoms with Gasteiger partial charge in [0, 0.05) is 23.7 Å². The van der Waals surface area contributed by atoms with Gasteiger partial charge in [0.2, 0.25) is 5.82 Å². The van der Waals surface area contributed by atoms with Crippen LogP contribution in [0.1, 0.15) is 35.9 Å². The molecule has 0 atom stereocenters. The van der Waals surface area contributed by atoms with Gasteiger partial charge in [0.1, 0.15) is 11.3 Å². The average molecular weight is 440 g/mol. The van der Waals surface area contributed by atoms with Crippen LogP contribution in [0.3, 0.4) is 0 Å². The van der Waals surface area contributed by atoms with Crippen LogP contribution >= 0.6 is 0 Å². The standard InChI is InChI=1S/C25H25N7O/c1-3-6-22-27-23-16(2)19(15-33)13-26-25(23)32(22)14-17-9-11-18(12-10-17)20-7-4-5-8-21(20)24-28-30-31-29-24/h4-5,7-13,33H,3,6,14-15H2,1-2H3,(H,28,29,30,31). The average Bonchev–Trinajstić information content (AvgIpc) is 3.50. The Morgan fingerprint density at radius 2 is 1.82 bits per heavy atom. The lowest BCUT2D eigenvalue weighted by molar-refractivity contribution is 0.281. The summed E-state index contributed by atoms with van der Waals surface area (Å²) in [4.78, 5) is 9.51. The third-order valence-corrected chi connectivity index (χ3v) is 5.96. The molecule has 0 aliphatic carbocycles. The first-order valence-corrected chi connectivity index (χ1v) is 11.1. The van der Waals surface area contributed by atoms with E-state index in [2.05, 4.69) is 67.4 Å². The second kappa shape index (κ2) is 8.91. The van der Waals surface area contributed by atoms with E-state index in [-0.39, 0.29) is 6.61 Å². The largest absolute Gasteiger partial charge is 0.392 e. The molecule has 0 amide bonds. The molecule has 0 aliphatic heterocycles. The number of aromatic amines is 1. The number of hydrogen-bond acceptors (Lipinski definition) is 6. The lowest BCUT2D eigenvalue weighted by Gasteiger charge is -2.11. The summed E-state index contributed by atoms with van der Waals surface area (Å²) in [7, 11) is 0. The molecule has 0 radical (unpaired) electrons. The Kier molecular flexibility index (Phi) is 5.66. The van der Waals surface area contributed by atoms with Gasteiger partial charge >= 0.3 is 0 Å². The van der Waals surface area contributed by atoms with E-state index >= 15 is 0 Å². The first kappa shape index (κ1) is 21.0. The number of aromatic nitrogens is 7. The molecule has 0 unspecified atom stereocenters. The van der Waals surface area contributed by atoms with Crippen LogP contribution in [-0.2, 0) is 19.6 Å². The Bertz CT molecular complexity index is 1390. The predicted octanol–water partition coefficient (Wildman–Crippen LogP) is 4.08. The van der Waals surface area contributed by atoms with E-state index in [4.69, 9.17) is 4.98 Å². The summed E-state index contributed by atoms with van der Waals surface area (Å²) < 4.78 is 2.19.